The minimum atomic E-state index is -0.129. The molecule has 3 nitrogen and oxygen atoms in total. The fourth-order valence-electron chi connectivity index (χ4n) is 1.40. The smallest absolute Gasteiger partial charge is 0.257 e. The summed E-state index contributed by atoms with van der Waals surface area (Å²) in [6.45, 7) is 2.73. The Hall–Kier alpha value is -0.740. The van der Waals surface area contributed by atoms with Gasteiger partial charge in [-0.2, -0.15) is 0 Å². The second-order valence-electron chi connectivity index (χ2n) is 3.94. The Kier molecular flexibility index (Phi) is 7.13. The molecule has 1 N–H and O–H groups in total. The molecule has 0 bridgehead atoms. The van der Waals surface area contributed by atoms with Crippen LogP contribution < -0.4 is 10.1 Å². The first kappa shape index (κ1) is 15.3. The lowest BCUT2D eigenvalue weighted by atomic mass is 10.2. The van der Waals surface area contributed by atoms with E-state index in [1.165, 1.54) is 0 Å². The maximum absolute atomic E-state index is 11.5. The van der Waals surface area contributed by atoms with E-state index in [1.807, 2.05) is 0 Å². The molecule has 1 aromatic carbocycles. The van der Waals surface area contributed by atoms with E-state index in [9.17, 15) is 4.79 Å². The molecular weight excluding hydrogens is 318 g/mol. The third-order valence-corrected chi connectivity index (χ3v) is 3.31. The van der Waals surface area contributed by atoms with Crippen molar-refractivity contribution in [3.63, 3.8) is 0 Å². The first-order valence-corrected chi connectivity index (χ1v) is 7.20. The SMILES string of the molecule is CCCC(Br)CNC(=O)COc1cccc(Cl)c1. The van der Waals surface area contributed by atoms with Gasteiger partial charge in [0.1, 0.15) is 5.75 Å². The summed E-state index contributed by atoms with van der Waals surface area (Å²) in [4.78, 5) is 11.8. The molecule has 100 valence electrons. The number of hydrogen-bond acceptors (Lipinski definition) is 2. The lowest BCUT2D eigenvalue weighted by Crippen LogP contribution is -2.33. The first-order valence-electron chi connectivity index (χ1n) is 5.91. The number of amides is 1. The predicted molar refractivity (Wildman–Crippen MR) is 77.6 cm³/mol. The minimum absolute atomic E-state index is 0.00614. The molecule has 18 heavy (non-hydrogen) atoms. The zero-order chi connectivity index (χ0) is 13.4. The summed E-state index contributed by atoms with van der Waals surface area (Å²) in [5.74, 6) is 0.470. The zero-order valence-corrected chi connectivity index (χ0v) is 12.6. The van der Waals surface area contributed by atoms with E-state index >= 15 is 0 Å². The predicted octanol–water partition coefficient (Wildman–Crippen LogP) is 3.40. The lowest BCUT2D eigenvalue weighted by molar-refractivity contribution is -0.123. The highest BCUT2D eigenvalue weighted by molar-refractivity contribution is 9.09. The zero-order valence-electron chi connectivity index (χ0n) is 10.3. The van der Waals surface area contributed by atoms with Crippen molar-refractivity contribution in [1.29, 1.82) is 0 Å². The Labute approximate surface area is 121 Å². The van der Waals surface area contributed by atoms with E-state index in [-0.39, 0.29) is 12.5 Å². The molecule has 1 amide bonds. The Morgan fingerprint density at radius 1 is 1.56 bits per heavy atom. The van der Waals surface area contributed by atoms with Gasteiger partial charge in [0.15, 0.2) is 6.61 Å². The van der Waals surface area contributed by atoms with Crippen molar-refractivity contribution < 1.29 is 9.53 Å². The van der Waals surface area contributed by atoms with Gasteiger partial charge in [0.05, 0.1) is 0 Å². The number of benzene rings is 1. The molecule has 0 saturated carbocycles. The lowest BCUT2D eigenvalue weighted by Gasteiger charge is -2.10. The van der Waals surface area contributed by atoms with Crippen molar-refractivity contribution in [2.45, 2.75) is 24.6 Å². The van der Waals surface area contributed by atoms with Crippen LogP contribution in [0.3, 0.4) is 0 Å². The van der Waals surface area contributed by atoms with Crippen LogP contribution in [0.15, 0.2) is 24.3 Å². The third-order valence-electron chi connectivity index (χ3n) is 2.29. The number of ether oxygens (including phenoxy) is 1. The number of carbonyl (C=O) groups excluding carboxylic acids is 1. The Morgan fingerprint density at radius 3 is 3.00 bits per heavy atom. The van der Waals surface area contributed by atoms with Gasteiger partial charge in [-0.05, 0) is 24.6 Å². The summed E-state index contributed by atoms with van der Waals surface area (Å²) in [6, 6.07) is 6.99. The van der Waals surface area contributed by atoms with Gasteiger partial charge in [-0.3, -0.25) is 4.79 Å². The van der Waals surface area contributed by atoms with Crippen molar-refractivity contribution in [2.24, 2.45) is 0 Å². The molecule has 0 radical (unpaired) electrons. The Morgan fingerprint density at radius 2 is 2.33 bits per heavy atom. The molecule has 0 fully saturated rings. The van der Waals surface area contributed by atoms with Crippen LogP contribution >= 0.6 is 27.5 Å². The van der Waals surface area contributed by atoms with Gasteiger partial charge in [-0.15, -0.1) is 0 Å². The molecule has 0 heterocycles. The van der Waals surface area contributed by atoms with Gasteiger partial charge < -0.3 is 10.1 Å². The molecule has 0 aromatic heterocycles. The summed E-state index contributed by atoms with van der Waals surface area (Å²) in [6.07, 6.45) is 2.13. The highest BCUT2D eigenvalue weighted by Crippen LogP contribution is 2.16. The van der Waals surface area contributed by atoms with Gasteiger partial charge in [0, 0.05) is 16.4 Å². The van der Waals surface area contributed by atoms with Crippen LogP contribution in [0.2, 0.25) is 5.02 Å². The molecule has 1 unspecified atom stereocenters. The fraction of sp³-hybridized carbons (Fsp3) is 0.462. The summed E-state index contributed by atoms with van der Waals surface area (Å²) in [5, 5.41) is 3.40. The maximum atomic E-state index is 11.5. The van der Waals surface area contributed by atoms with Crippen LogP contribution in [0.4, 0.5) is 0 Å². The van der Waals surface area contributed by atoms with Crippen LogP contribution in [-0.2, 0) is 4.79 Å². The summed E-state index contributed by atoms with van der Waals surface area (Å²) < 4.78 is 5.33. The van der Waals surface area contributed by atoms with Gasteiger partial charge >= 0.3 is 0 Å². The largest absolute Gasteiger partial charge is 0.484 e. The molecule has 1 aromatic rings. The average Bonchev–Trinajstić information content (AvgIpc) is 2.34. The normalized spacial score (nSPS) is 11.9. The summed E-state index contributed by atoms with van der Waals surface area (Å²) in [5.41, 5.74) is 0. The highest BCUT2D eigenvalue weighted by Gasteiger charge is 2.06. The molecule has 5 heteroatoms. The Balaban J connectivity index is 2.25. The van der Waals surface area contributed by atoms with Gasteiger partial charge in [-0.1, -0.05) is 46.9 Å². The molecule has 1 atom stereocenters. The molecular formula is C13H17BrClNO2. The van der Waals surface area contributed by atoms with Gasteiger partial charge in [0.25, 0.3) is 5.91 Å². The van der Waals surface area contributed by atoms with E-state index in [0.717, 1.165) is 12.8 Å². The number of nitrogens with one attached hydrogen (secondary N) is 1. The molecule has 0 spiro atoms. The molecule has 0 aliphatic carbocycles. The van der Waals surface area contributed by atoms with Gasteiger partial charge in [0.2, 0.25) is 0 Å². The van der Waals surface area contributed by atoms with E-state index in [1.54, 1.807) is 24.3 Å². The van der Waals surface area contributed by atoms with Crippen molar-refractivity contribution in [3.8, 4) is 5.75 Å². The van der Waals surface area contributed by atoms with Crippen LogP contribution in [0, 0.1) is 0 Å². The standard InChI is InChI=1S/C13H17BrClNO2/c1-2-4-10(14)8-16-13(17)9-18-12-6-3-5-11(15)7-12/h3,5-7,10H,2,4,8-9H2,1H3,(H,16,17). The second-order valence-corrected chi connectivity index (χ2v) is 5.67. The number of carbonyl (C=O) groups is 1. The van der Waals surface area contributed by atoms with E-state index < -0.39 is 0 Å². The van der Waals surface area contributed by atoms with Gasteiger partial charge in [-0.25, -0.2) is 0 Å². The number of alkyl halides is 1. The molecule has 0 aliphatic rings. The van der Waals surface area contributed by atoms with E-state index in [2.05, 4.69) is 28.2 Å². The van der Waals surface area contributed by atoms with Crippen LogP contribution in [0.5, 0.6) is 5.75 Å². The van der Waals surface area contributed by atoms with Crippen molar-refractivity contribution in [2.75, 3.05) is 13.2 Å². The number of hydrogen-bond donors (Lipinski definition) is 1. The van der Waals surface area contributed by atoms with E-state index in [0.29, 0.717) is 22.1 Å². The summed E-state index contributed by atoms with van der Waals surface area (Å²) in [7, 11) is 0. The Bertz CT molecular complexity index is 387. The van der Waals surface area contributed by atoms with Crippen LogP contribution in [-0.4, -0.2) is 23.9 Å². The third kappa shape index (κ3) is 6.26. The quantitative estimate of drug-likeness (QED) is 0.776. The van der Waals surface area contributed by atoms with Crippen molar-refractivity contribution in [3.05, 3.63) is 29.3 Å². The van der Waals surface area contributed by atoms with Crippen molar-refractivity contribution in [1.82, 2.24) is 5.32 Å². The molecule has 0 saturated heterocycles. The van der Waals surface area contributed by atoms with E-state index in [4.69, 9.17) is 16.3 Å². The monoisotopic (exact) mass is 333 g/mol. The van der Waals surface area contributed by atoms with Crippen LogP contribution in [0.1, 0.15) is 19.8 Å². The first-order chi connectivity index (χ1) is 8.61. The minimum Gasteiger partial charge on any atom is -0.484 e. The topological polar surface area (TPSA) is 38.3 Å². The summed E-state index contributed by atoms with van der Waals surface area (Å²) >= 11 is 9.31. The second kappa shape index (κ2) is 8.38. The number of halogens is 2. The fourth-order valence-corrected chi connectivity index (χ4v) is 2.20. The van der Waals surface area contributed by atoms with Crippen molar-refractivity contribution >= 4 is 33.4 Å². The maximum Gasteiger partial charge on any atom is 0.257 e. The molecule has 0 aliphatic heterocycles. The average molecular weight is 335 g/mol. The molecule has 1 rings (SSSR count). The highest BCUT2D eigenvalue weighted by atomic mass is 79.9. The number of rotatable bonds is 7. The van der Waals surface area contributed by atoms with Crippen LogP contribution in [0.25, 0.3) is 0 Å².